The second kappa shape index (κ2) is 11.6. The van der Waals surface area contributed by atoms with Crippen molar-refractivity contribution in [3.05, 3.63) is 76.2 Å². The Morgan fingerprint density at radius 1 is 0.946 bits per heavy atom. The van der Waals surface area contributed by atoms with E-state index in [1.807, 2.05) is 25.1 Å². The number of benzene rings is 2. The summed E-state index contributed by atoms with van der Waals surface area (Å²) >= 11 is 0. The van der Waals surface area contributed by atoms with Crippen molar-refractivity contribution in [2.24, 2.45) is 5.10 Å². The van der Waals surface area contributed by atoms with Crippen LogP contribution in [0, 0.1) is 6.92 Å². The number of ether oxygens (including phenoxy) is 3. The molecule has 9 nitrogen and oxygen atoms in total. The Morgan fingerprint density at radius 2 is 1.70 bits per heavy atom. The SMILES string of the molecule is COc1ccc(C(=O)N/N=C2\CCCc3oc(C(=O)NCCc4ccc(OC)c(OC)c4)c(C)c32)cc1. The third-order valence-corrected chi connectivity index (χ3v) is 6.32. The van der Waals surface area contributed by atoms with Gasteiger partial charge in [-0.15, -0.1) is 0 Å². The number of aryl methyl sites for hydroxylation is 1. The molecule has 194 valence electrons. The number of hydrogen-bond acceptors (Lipinski definition) is 7. The number of methoxy groups -OCH3 is 3. The van der Waals surface area contributed by atoms with Crippen LogP contribution in [0.1, 0.15) is 56.2 Å². The number of fused-ring (bicyclic) bond motifs is 1. The quantitative estimate of drug-likeness (QED) is 0.425. The Labute approximate surface area is 215 Å². The van der Waals surface area contributed by atoms with Crippen molar-refractivity contribution in [1.29, 1.82) is 0 Å². The largest absolute Gasteiger partial charge is 0.497 e. The minimum absolute atomic E-state index is 0.272. The molecule has 0 spiro atoms. The Hall–Kier alpha value is -4.27. The first-order valence-corrected chi connectivity index (χ1v) is 12.1. The van der Waals surface area contributed by atoms with Crippen LogP contribution in [-0.2, 0) is 12.8 Å². The third kappa shape index (κ3) is 5.77. The number of amides is 2. The number of furan rings is 1. The van der Waals surface area contributed by atoms with Gasteiger partial charge in [0.15, 0.2) is 17.3 Å². The molecular formula is C28H31N3O6. The van der Waals surface area contributed by atoms with E-state index in [-0.39, 0.29) is 17.6 Å². The number of nitrogens with zero attached hydrogens (tertiary/aromatic N) is 1. The van der Waals surface area contributed by atoms with Gasteiger partial charge in [-0.3, -0.25) is 9.59 Å². The van der Waals surface area contributed by atoms with Crippen LogP contribution in [0.5, 0.6) is 17.2 Å². The first-order valence-electron chi connectivity index (χ1n) is 12.1. The van der Waals surface area contributed by atoms with Crippen molar-refractivity contribution in [3.8, 4) is 17.2 Å². The maximum atomic E-state index is 12.9. The molecule has 2 aromatic carbocycles. The van der Waals surface area contributed by atoms with Crippen LogP contribution < -0.4 is 25.0 Å². The molecule has 0 saturated carbocycles. The highest BCUT2D eigenvalue weighted by Gasteiger charge is 2.28. The molecule has 1 aliphatic carbocycles. The Balaban J connectivity index is 1.42. The van der Waals surface area contributed by atoms with E-state index in [1.165, 1.54) is 0 Å². The van der Waals surface area contributed by atoms with E-state index < -0.39 is 0 Å². The van der Waals surface area contributed by atoms with E-state index in [0.29, 0.717) is 60.1 Å². The summed E-state index contributed by atoms with van der Waals surface area (Å²) in [6, 6.07) is 12.5. The summed E-state index contributed by atoms with van der Waals surface area (Å²) in [5, 5.41) is 7.32. The van der Waals surface area contributed by atoms with Gasteiger partial charge >= 0.3 is 0 Å². The monoisotopic (exact) mass is 505 g/mol. The second-order valence-corrected chi connectivity index (χ2v) is 8.63. The Bertz CT molecular complexity index is 1310. The number of carbonyl (C=O) groups excluding carboxylic acids is 2. The van der Waals surface area contributed by atoms with E-state index >= 15 is 0 Å². The van der Waals surface area contributed by atoms with Crippen LogP contribution in [-0.4, -0.2) is 45.4 Å². The highest BCUT2D eigenvalue weighted by Crippen LogP contribution is 2.30. The third-order valence-electron chi connectivity index (χ3n) is 6.32. The molecular weight excluding hydrogens is 474 g/mol. The van der Waals surface area contributed by atoms with Crippen molar-refractivity contribution < 1.29 is 28.2 Å². The average Bonchev–Trinajstić information content (AvgIpc) is 3.28. The zero-order chi connectivity index (χ0) is 26.4. The molecule has 2 amide bonds. The molecule has 1 aliphatic rings. The summed E-state index contributed by atoms with van der Waals surface area (Å²) < 4.78 is 21.7. The molecule has 37 heavy (non-hydrogen) atoms. The van der Waals surface area contributed by atoms with Gasteiger partial charge < -0.3 is 23.9 Å². The summed E-state index contributed by atoms with van der Waals surface area (Å²) in [5.41, 5.74) is 6.33. The van der Waals surface area contributed by atoms with E-state index in [1.54, 1.807) is 45.6 Å². The molecule has 0 unspecified atom stereocenters. The number of carbonyl (C=O) groups is 2. The number of hydrazone groups is 1. The molecule has 9 heteroatoms. The van der Waals surface area contributed by atoms with E-state index in [4.69, 9.17) is 18.6 Å². The van der Waals surface area contributed by atoms with E-state index in [9.17, 15) is 9.59 Å². The molecule has 4 rings (SSSR count). The maximum Gasteiger partial charge on any atom is 0.287 e. The maximum absolute atomic E-state index is 12.9. The Kier molecular flexibility index (Phi) is 8.12. The van der Waals surface area contributed by atoms with Gasteiger partial charge in [-0.05, 0) is 68.1 Å². The van der Waals surface area contributed by atoms with Gasteiger partial charge in [0.25, 0.3) is 11.8 Å². The molecule has 3 aromatic rings. The molecule has 0 saturated heterocycles. The second-order valence-electron chi connectivity index (χ2n) is 8.63. The highest BCUT2D eigenvalue weighted by atomic mass is 16.5. The fourth-order valence-electron chi connectivity index (χ4n) is 4.36. The zero-order valence-corrected chi connectivity index (χ0v) is 21.5. The van der Waals surface area contributed by atoms with Gasteiger partial charge in [0, 0.05) is 29.7 Å². The first-order chi connectivity index (χ1) is 17.9. The topological polar surface area (TPSA) is 111 Å². The fourth-order valence-corrected chi connectivity index (χ4v) is 4.36. The molecule has 0 fully saturated rings. The normalized spacial score (nSPS) is 13.6. The average molecular weight is 506 g/mol. The van der Waals surface area contributed by atoms with Gasteiger partial charge in [0.05, 0.1) is 27.0 Å². The summed E-state index contributed by atoms with van der Waals surface area (Å²) in [5.74, 6) is 2.35. The zero-order valence-electron chi connectivity index (χ0n) is 21.5. The lowest BCUT2D eigenvalue weighted by atomic mass is 9.93. The van der Waals surface area contributed by atoms with Crippen molar-refractivity contribution >= 4 is 17.5 Å². The van der Waals surface area contributed by atoms with Crippen molar-refractivity contribution in [2.75, 3.05) is 27.9 Å². The molecule has 0 atom stereocenters. The minimum atomic E-state index is -0.323. The van der Waals surface area contributed by atoms with Crippen LogP contribution in [0.2, 0.25) is 0 Å². The van der Waals surface area contributed by atoms with Crippen LogP contribution >= 0.6 is 0 Å². The van der Waals surface area contributed by atoms with Gasteiger partial charge in [-0.2, -0.15) is 5.10 Å². The van der Waals surface area contributed by atoms with Gasteiger partial charge in [0.2, 0.25) is 0 Å². The van der Waals surface area contributed by atoms with Gasteiger partial charge in [-0.25, -0.2) is 5.43 Å². The molecule has 0 aliphatic heterocycles. The van der Waals surface area contributed by atoms with Crippen molar-refractivity contribution in [2.45, 2.75) is 32.6 Å². The van der Waals surface area contributed by atoms with Gasteiger partial charge in [-0.1, -0.05) is 6.07 Å². The van der Waals surface area contributed by atoms with Crippen LogP contribution in [0.15, 0.2) is 52.0 Å². The minimum Gasteiger partial charge on any atom is -0.497 e. The summed E-state index contributed by atoms with van der Waals surface area (Å²) in [7, 11) is 4.75. The van der Waals surface area contributed by atoms with Crippen molar-refractivity contribution in [3.63, 3.8) is 0 Å². The number of rotatable bonds is 9. The lowest BCUT2D eigenvalue weighted by Gasteiger charge is -2.13. The molecule has 2 N–H and O–H groups in total. The molecule has 1 aromatic heterocycles. The lowest BCUT2D eigenvalue weighted by Crippen LogP contribution is -2.26. The van der Waals surface area contributed by atoms with Crippen LogP contribution in [0.3, 0.4) is 0 Å². The van der Waals surface area contributed by atoms with E-state index in [2.05, 4.69) is 15.8 Å². The summed E-state index contributed by atoms with van der Waals surface area (Å²) in [4.78, 5) is 25.5. The van der Waals surface area contributed by atoms with E-state index in [0.717, 1.165) is 23.1 Å². The Morgan fingerprint density at radius 3 is 2.41 bits per heavy atom. The summed E-state index contributed by atoms with van der Waals surface area (Å²) in [6.45, 7) is 2.27. The first kappa shape index (κ1) is 25.8. The highest BCUT2D eigenvalue weighted by molar-refractivity contribution is 6.07. The molecule has 0 radical (unpaired) electrons. The van der Waals surface area contributed by atoms with Crippen molar-refractivity contribution in [1.82, 2.24) is 10.7 Å². The standard InChI is InChI=1S/C28H31N3O6/c1-17-25-21(30-31-27(32)19-9-11-20(34-2)12-10-19)6-5-7-23(25)37-26(17)28(33)29-15-14-18-8-13-22(35-3)24(16-18)36-4/h8-13,16H,5-7,14-15H2,1-4H3,(H,29,33)(H,31,32)/b30-21+. The summed E-state index contributed by atoms with van der Waals surface area (Å²) in [6.07, 6.45) is 2.82. The fraction of sp³-hybridized carbons (Fsp3) is 0.321. The van der Waals surface area contributed by atoms with Gasteiger partial charge in [0.1, 0.15) is 11.5 Å². The number of nitrogens with one attached hydrogen (secondary N) is 2. The van der Waals surface area contributed by atoms with Crippen LogP contribution in [0.25, 0.3) is 0 Å². The smallest absolute Gasteiger partial charge is 0.287 e. The van der Waals surface area contributed by atoms with Crippen LogP contribution in [0.4, 0.5) is 0 Å². The molecule has 0 bridgehead atoms. The predicted octanol–water partition coefficient (Wildman–Crippen LogP) is 4.06. The lowest BCUT2D eigenvalue weighted by molar-refractivity contribution is 0.0922. The molecule has 1 heterocycles. The predicted molar refractivity (Wildman–Crippen MR) is 139 cm³/mol. The number of hydrogen-bond donors (Lipinski definition) is 2.